The lowest BCUT2D eigenvalue weighted by atomic mass is 9.69. The van der Waals surface area contributed by atoms with Crippen molar-refractivity contribution in [1.29, 1.82) is 0 Å². The number of aliphatic hydroxyl groups excluding tert-OH is 1. The number of nitrogens with zero attached hydrogens (tertiary/aromatic N) is 3. The number of anilines is 1. The van der Waals surface area contributed by atoms with Crippen molar-refractivity contribution in [2.24, 2.45) is 11.8 Å². The molecule has 11 nitrogen and oxygen atoms in total. The van der Waals surface area contributed by atoms with Gasteiger partial charge in [-0.1, -0.05) is 23.7 Å². The lowest BCUT2D eigenvalue weighted by Crippen LogP contribution is -2.52. The first-order valence-electron chi connectivity index (χ1n) is 16.5. The molecule has 2 heterocycles. The van der Waals surface area contributed by atoms with Crippen molar-refractivity contribution in [3.63, 3.8) is 0 Å². The second-order valence-corrected chi connectivity index (χ2v) is 15.7. The zero-order valence-corrected chi connectivity index (χ0v) is 29.0. The van der Waals surface area contributed by atoms with Crippen LogP contribution in [-0.2, 0) is 38.4 Å². The number of rotatable bonds is 3. The van der Waals surface area contributed by atoms with Gasteiger partial charge in [-0.2, -0.15) is 12.7 Å². The van der Waals surface area contributed by atoms with E-state index in [1.165, 1.54) is 25.1 Å². The van der Waals surface area contributed by atoms with Gasteiger partial charge in [-0.3, -0.25) is 9.59 Å². The summed E-state index contributed by atoms with van der Waals surface area (Å²) in [5, 5.41) is 23.9. The minimum Gasteiger partial charge on any atom is -0.487 e. The van der Waals surface area contributed by atoms with Crippen molar-refractivity contribution < 1.29 is 33.0 Å². The molecule has 0 unspecified atom stereocenters. The van der Waals surface area contributed by atoms with E-state index in [2.05, 4.69) is 4.90 Å². The SMILES string of the molecule is CN1CCCC[C@H](O)[C@@H]2CC[C@H]2CN2CCCCc3cc(Cl)ccc3COc3ccc(cc32)[C@@](O)(C(=O)NS(=O)(=O)N(C)C)CC1=O. The Morgan fingerprint density at radius 3 is 2.53 bits per heavy atom. The number of aliphatic hydroxyl groups is 2. The van der Waals surface area contributed by atoms with Gasteiger partial charge in [0.15, 0.2) is 5.60 Å². The minimum absolute atomic E-state index is 0.0809. The lowest BCUT2D eigenvalue weighted by Gasteiger charge is -2.43. The number of halogens is 1. The highest BCUT2D eigenvalue weighted by atomic mass is 35.5. The normalized spacial score (nSPS) is 26.3. The molecule has 1 saturated carbocycles. The molecular weight excluding hydrogens is 644 g/mol. The van der Waals surface area contributed by atoms with E-state index < -0.39 is 40.1 Å². The summed E-state index contributed by atoms with van der Waals surface area (Å²) in [6.07, 6.45) is 5.38. The third-order valence-electron chi connectivity index (χ3n) is 10.0. The maximum Gasteiger partial charge on any atom is 0.303 e. The van der Waals surface area contributed by atoms with E-state index in [9.17, 15) is 28.2 Å². The van der Waals surface area contributed by atoms with Crippen molar-refractivity contribution in [1.82, 2.24) is 13.9 Å². The largest absolute Gasteiger partial charge is 0.487 e. The Morgan fingerprint density at radius 1 is 1.04 bits per heavy atom. The van der Waals surface area contributed by atoms with Gasteiger partial charge in [0.25, 0.3) is 5.91 Å². The maximum atomic E-state index is 13.7. The summed E-state index contributed by atoms with van der Waals surface area (Å²) in [5.41, 5.74) is 0.337. The standard InChI is InChI=1S/C34H47ClN4O7S/c1-37(2)47(44,45)36-33(42)34(43)20-32(41)38(3)16-6-5-9-30(40)28-14-11-24(28)21-39-17-7-4-8-23-18-27(35)13-10-25(23)22-46-31-15-12-26(34)19-29(31)39/h10,12-13,15,18-19,24,28,30,40,43H,4-9,11,14,16-17,20-22H2,1-3H3,(H,36,42)/t24-,28+,30-,34+/m0/s1. The summed E-state index contributed by atoms with van der Waals surface area (Å²) in [7, 11) is -0.150. The molecule has 1 aliphatic carbocycles. The Kier molecular flexibility index (Phi) is 11.1. The predicted molar refractivity (Wildman–Crippen MR) is 180 cm³/mol. The number of fused-ring (bicyclic) bond motifs is 3. The molecule has 4 atom stereocenters. The molecular formula is C34H47ClN4O7S. The monoisotopic (exact) mass is 690 g/mol. The number of carbonyl (C=O) groups is 2. The zero-order valence-electron chi connectivity index (χ0n) is 27.5. The summed E-state index contributed by atoms with van der Waals surface area (Å²) in [6.45, 7) is 1.93. The number of hydrogen-bond acceptors (Lipinski definition) is 8. The summed E-state index contributed by atoms with van der Waals surface area (Å²) < 4.78 is 34.7. The van der Waals surface area contributed by atoms with E-state index in [-0.39, 0.29) is 24.0 Å². The molecule has 2 bridgehead atoms. The number of ether oxygens (including phenoxy) is 1. The molecule has 47 heavy (non-hydrogen) atoms. The molecule has 258 valence electrons. The lowest BCUT2D eigenvalue weighted by molar-refractivity contribution is -0.148. The highest BCUT2D eigenvalue weighted by Gasteiger charge is 2.44. The Hall–Kier alpha value is -2.90. The van der Waals surface area contributed by atoms with Crippen LogP contribution in [0, 0.1) is 11.8 Å². The molecule has 0 saturated heterocycles. The highest BCUT2D eigenvalue weighted by molar-refractivity contribution is 7.87. The van der Waals surface area contributed by atoms with Gasteiger partial charge in [-0.05, 0) is 104 Å². The first-order chi connectivity index (χ1) is 22.3. The number of hydrogen-bond donors (Lipinski definition) is 3. The highest BCUT2D eigenvalue weighted by Crippen LogP contribution is 2.42. The summed E-state index contributed by atoms with van der Waals surface area (Å²) in [6, 6.07) is 10.6. The van der Waals surface area contributed by atoms with Gasteiger partial charge in [0.2, 0.25) is 5.91 Å². The molecule has 2 amide bonds. The van der Waals surface area contributed by atoms with Crippen LogP contribution in [0.15, 0.2) is 36.4 Å². The second-order valence-electron chi connectivity index (χ2n) is 13.4. The van der Waals surface area contributed by atoms with Crippen LogP contribution in [0.1, 0.15) is 68.1 Å². The molecule has 5 rings (SSSR count). The first kappa shape index (κ1) is 35.4. The van der Waals surface area contributed by atoms with Gasteiger partial charge in [0, 0.05) is 45.8 Å². The van der Waals surface area contributed by atoms with Crippen LogP contribution >= 0.6 is 11.6 Å². The predicted octanol–water partition coefficient (Wildman–Crippen LogP) is 3.59. The van der Waals surface area contributed by atoms with E-state index in [0.717, 1.165) is 54.0 Å². The van der Waals surface area contributed by atoms with Crippen LogP contribution in [-0.4, -0.2) is 86.5 Å². The van der Waals surface area contributed by atoms with Gasteiger partial charge in [-0.15, -0.1) is 0 Å². The molecule has 2 aromatic carbocycles. The smallest absolute Gasteiger partial charge is 0.303 e. The van der Waals surface area contributed by atoms with E-state index in [4.69, 9.17) is 16.3 Å². The molecule has 0 radical (unpaired) electrons. The fourth-order valence-electron chi connectivity index (χ4n) is 6.81. The fourth-order valence-corrected chi connectivity index (χ4v) is 7.59. The molecule has 3 aliphatic rings. The summed E-state index contributed by atoms with van der Waals surface area (Å²) in [4.78, 5) is 30.9. The van der Waals surface area contributed by atoms with E-state index in [1.807, 2.05) is 22.9 Å². The van der Waals surface area contributed by atoms with E-state index in [0.29, 0.717) is 48.9 Å². The maximum absolute atomic E-state index is 13.7. The summed E-state index contributed by atoms with van der Waals surface area (Å²) >= 11 is 6.33. The average molecular weight is 691 g/mol. The van der Waals surface area contributed by atoms with Gasteiger partial charge >= 0.3 is 10.2 Å². The summed E-state index contributed by atoms with van der Waals surface area (Å²) in [5.74, 6) is -0.811. The third kappa shape index (κ3) is 8.05. The van der Waals surface area contributed by atoms with Crippen molar-refractivity contribution in [3.8, 4) is 5.75 Å². The van der Waals surface area contributed by atoms with Crippen LogP contribution in [0.4, 0.5) is 5.69 Å². The molecule has 13 heteroatoms. The van der Waals surface area contributed by atoms with Gasteiger partial charge in [0.05, 0.1) is 18.2 Å². The van der Waals surface area contributed by atoms with Crippen molar-refractivity contribution in [2.75, 3.05) is 45.7 Å². The molecule has 2 aliphatic heterocycles. The number of amides is 2. The van der Waals surface area contributed by atoms with Crippen molar-refractivity contribution in [2.45, 2.75) is 76.1 Å². The van der Waals surface area contributed by atoms with Gasteiger partial charge < -0.3 is 24.7 Å². The Balaban J connectivity index is 1.61. The van der Waals surface area contributed by atoms with E-state index in [1.54, 1.807) is 19.2 Å². The van der Waals surface area contributed by atoms with Gasteiger partial charge in [0.1, 0.15) is 12.4 Å². The van der Waals surface area contributed by atoms with Crippen molar-refractivity contribution in [3.05, 3.63) is 58.1 Å². The molecule has 2 aromatic rings. The Labute approximate surface area is 283 Å². The molecule has 1 fully saturated rings. The number of benzene rings is 2. The van der Waals surface area contributed by atoms with Crippen LogP contribution in [0.3, 0.4) is 0 Å². The minimum atomic E-state index is -4.28. The quantitative estimate of drug-likeness (QED) is 0.444. The Bertz CT molecular complexity index is 1570. The third-order valence-corrected chi connectivity index (χ3v) is 11.7. The van der Waals surface area contributed by atoms with Crippen LogP contribution in [0.2, 0.25) is 5.02 Å². The first-order valence-corrected chi connectivity index (χ1v) is 18.3. The molecule has 3 N–H and O–H groups in total. The van der Waals surface area contributed by atoms with Crippen molar-refractivity contribution >= 4 is 39.3 Å². The van der Waals surface area contributed by atoms with Crippen LogP contribution in [0.25, 0.3) is 0 Å². The molecule has 0 aromatic heterocycles. The van der Waals surface area contributed by atoms with E-state index >= 15 is 0 Å². The van der Waals surface area contributed by atoms with Gasteiger partial charge in [-0.25, -0.2) is 4.72 Å². The second kappa shape index (κ2) is 14.7. The fraction of sp³-hybridized carbons (Fsp3) is 0.588. The number of carbonyl (C=O) groups excluding carboxylic acids is 2. The topological polar surface area (TPSA) is 140 Å². The van der Waals surface area contributed by atoms with Crippen LogP contribution in [0.5, 0.6) is 5.75 Å². The number of aryl methyl sites for hydroxylation is 1. The number of nitrogens with one attached hydrogen (secondary N) is 1. The zero-order chi connectivity index (χ0) is 33.9. The molecule has 0 spiro atoms. The average Bonchev–Trinajstić information content (AvgIpc) is 3.03. The van der Waals surface area contributed by atoms with Crippen LogP contribution < -0.4 is 14.4 Å². The Morgan fingerprint density at radius 2 is 1.81 bits per heavy atom.